The first-order chi connectivity index (χ1) is 15.5. The summed E-state index contributed by atoms with van der Waals surface area (Å²) in [6.07, 6.45) is 0.292. The van der Waals surface area contributed by atoms with Gasteiger partial charge in [-0.3, -0.25) is 14.5 Å². The van der Waals surface area contributed by atoms with Gasteiger partial charge in [-0.25, -0.2) is 9.18 Å². The molecule has 1 aromatic carbocycles. The fourth-order valence-electron chi connectivity index (χ4n) is 4.40. The van der Waals surface area contributed by atoms with E-state index in [1.54, 1.807) is 27.7 Å². The van der Waals surface area contributed by atoms with Gasteiger partial charge in [0.2, 0.25) is 5.91 Å². The second-order valence-corrected chi connectivity index (χ2v) is 9.29. The minimum absolute atomic E-state index is 0.194. The Balaban J connectivity index is 1.96. The molecule has 3 rings (SSSR count). The molecule has 2 N–H and O–H groups in total. The fraction of sp³-hybridized carbons (Fsp3) is 0.609. The molecule has 1 saturated heterocycles. The first kappa shape index (κ1) is 24.8. The van der Waals surface area contributed by atoms with Crippen LogP contribution in [0.1, 0.15) is 47.0 Å². The highest BCUT2D eigenvalue weighted by molar-refractivity contribution is 6.00. The van der Waals surface area contributed by atoms with E-state index >= 15 is 0 Å². The van der Waals surface area contributed by atoms with E-state index in [1.807, 2.05) is 0 Å². The van der Waals surface area contributed by atoms with Gasteiger partial charge < -0.3 is 24.8 Å². The molecule has 0 aromatic heterocycles. The highest BCUT2D eigenvalue weighted by Crippen LogP contribution is 2.39. The summed E-state index contributed by atoms with van der Waals surface area (Å²) in [7, 11) is 1.26. The summed E-state index contributed by atoms with van der Waals surface area (Å²) >= 11 is 0. The number of methoxy groups -OCH3 is 1. The summed E-state index contributed by atoms with van der Waals surface area (Å²) < 4.78 is 30.5. The molecule has 0 unspecified atom stereocenters. The molecule has 9 nitrogen and oxygen atoms in total. The Morgan fingerprint density at radius 2 is 2.00 bits per heavy atom. The van der Waals surface area contributed by atoms with Crippen molar-refractivity contribution in [3.8, 4) is 5.75 Å². The van der Waals surface area contributed by atoms with Crippen LogP contribution in [0.25, 0.3) is 0 Å². The van der Waals surface area contributed by atoms with Crippen LogP contribution >= 0.6 is 0 Å². The van der Waals surface area contributed by atoms with Crippen molar-refractivity contribution in [1.82, 2.24) is 10.2 Å². The van der Waals surface area contributed by atoms with Crippen molar-refractivity contribution in [2.24, 2.45) is 0 Å². The molecule has 0 bridgehead atoms. The number of rotatable bonds is 4. The molecular formula is C23H32FN3O6. The van der Waals surface area contributed by atoms with Gasteiger partial charge >= 0.3 is 6.09 Å². The van der Waals surface area contributed by atoms with Crippen LogP contribution in [0.2, 0.25) is 0 Å². The highest BCUT2D eigenvalue weighted by Gasteiger charge is 2.50. The smallest absolute Gasteiger partial charge is 0.410 e. The molecule has 2 heterocycles. The molecule has 1 spiro atoms. The number of nitrogens with zero attached hydrogens (tertiary/aromatic N) is 1. The molecule has 0 radical (unpaired) electrons. The molecule has 3 amide bonds. The van der Waals surface area contributed by atoms with Gasteiger partial charge in [-0.15, -0.1) is 0 Å². The van der Waals surface area contributed by atoms with Crippen molar-refractivity contribution in [3.63, 3.8) is 0 Å². The van der Waals surface area contributed by atoms with Gasteiger partial charge in [0.15, 0.2) is 0 Å². The van der Waals surface area contributed by atoms with E-state index in [1.165, 1.54) is 30.2 Å². The highest BCUT2D eigenvalue weighted by atomic mass is 19.1. The van der Waals surface area contributed by atoms with Crippen LogP contribution in [0.4, 0.5) is 14.9 Å². The second-order valence-electron chi connectivity index (χ2n) is 9.29. The zero-order valence-corrected chi connectivity index (χ0v) is 19.7. The number of halogens is 1. The van der Waals surface area contributed by atoms with Crippen LogP contribution in [0.3, 0.4) is 0 Å². The summed E-state index contributed by atoms with van der Waals surface area (Å²) in [5, 5.41) is 5.56. The van der Waals surface area contributed by atoms with Gasteiger partial charge in [-0.05, 0) is 39.3 Å². The van der Waals surface area contributed by atoms with Crippen LogP contribution < -0.4 is 15.4 Å². The number of benzene rings is 1. The van der Waals surface area contributed by atoms with E-state index in [0.29, 0.717) is 38.2 Å². The van der Waals surface area contributed by atoms with Gasteiger partial charge in [0.05, 0.1) is 26.0 Å². The van der Waals surface area contributed by atoms with E-state index in [2.05, 4.69) is 10.6 Å². The number of carbonyl (C=O) groups excluding carboxylic acids is 3. The molecule has 2 aliphatic heterocycles. The zero-order valence-electron chi connectivity index (χ0n) is 19.7. The van der Waals surface area contributed by atoms with E-state index in [-0.39, 0.29) is 5.75 Å². The average molecular weight is 466 g/mol. The maximum Gasteiger partial charge on any atom is 0.410 e. The molecule has 0 aliphatic carbocycles. The summed E-state index contributed by atoms with van der Waals surface area (Å²) in [5.74, 6) is -1.30. The third-order valence-electron chi connectivity index (χ3n) is 6.02. The summed E-state index contributed by atoms with van der Waals surface area (Å²) in [5.41, 5.74) is -1.52. The Morgan fingerprint density at radius 1 is 1.33 bits per heavy atom. The number of hydrogen-bond donors (Lipinski definition) is 2. The Kier molecular flexibility index (Phi) is 7.16. The van der Waals surface area contributed by atoms with E-state index < -0.39 is 46.9 Å². The standard InChI is InChI=1S/C23H32FN3O6/c1-6-16(27(21(30)31-5)22(2,3)4)19(28)26-18-20(29)25-15-8-7-14(24)13-17(15)33-23(18)9-11-32-12-10-23/h7-8,13,16,18H,6,9-12H2,1-5H3,(H,25,29)(H,26,28)/t16-,18+/m0/s1. The first-order valence-corrected chi connectivity index (χ1v) is 11.1. The molecule has 0 saturated carbocycles. The molecule has 182 valence electrons. The molecule has 33 heavy (non-hydrogen) atoms. The predicted molar refractivity (Wildman–Crippen MR) is 118 cm³/mol. The third kappa shape index (κ3) is 5.05. The summed E-state index contributed by atoms with van der Waals surface area (Å²) in [6.45, 7) is 7.81. The molecule has 10 heteroatoms. The molecule has 1 fully saturated rings. The minimum Gasteiger partial charge on any atom is -0.482 e. The lowest BCUT2D eigenvalue weighted by molar-refractivity contribution is -0.139. The number of ether oxygens (including phenoxy) is 3. The zero-order chi connectivity index (χ0) is 24.4. The average Bonchev–Trinajstić information content (AvgIpc) is 2.85. The second kappa shape index (κ2) is 9.54. The number of hydrogen-bond acceptors (Lipinski definition) is 6. The van der Waals surface area contributed by atoms with Crippen molar-refractivity contribution >= 4 is 23.6 Å². The van der Waals surface area contributed by atoms with Crippen molar-refractivity contribution in [2.75, 3.05) is 25.6 Å². The predicted octanol–water partition coefficient (Wildman–Crippen LogP) is 2.84. The molecule has 1 aromatic rings. The lowest BCUT2D eigenvalue weighted by Gasteiger charge is -2.43. The maximum absolute atomic E-state index is 13.9. The Hall–Kier alpha value is -2.88. The quantitative estimate of drug-likeness (QED) is 0.708. The lowest BCUT2D eigenvalue weighted by atomic mass is 9.85. The van der Waals surface area contributed by atoms with Gasteiger partial charge in [0, 0.05) is 24.4 Å². The Bertz CT molecular complexity index is 910. The third-order valence-corrected chi connectivity index (χ3v) is 6.02. The summed E-state index contributed by atoms with van der Waals surface area (Å²) in [6, 6.07) is 1.89. The van der Waals surface area contributed by atoms with Crippen molar-refractivity contribution in [3.05, 3.63) is 24.0 Å². The number of nitrogens with one attached hydrogen (secondary N) is 2. The largest absolute Gasteiger partial charge is 0.482 e. The van der Waals surface area contributed by atoms with Gasteiger partial charge in [0.1, 0.15) is 29.3 Å². The van der Waals surface area contributed by atoms with E-state index in [4.69, 9.17) is 14.2 Å². The van der Waals surface area contributed by atoms with Crippen LogP contribution in [0.15, 0.2) is 18.2 Å². The van der Waals surface area contributed by atoms with Crippen molar-refractivity contribution in [2.45, 2.75) is 70.2 Å². The minimum atomic E-state index is -1.13. The number of amides is 3. The SMILES string of the molecule is CC[C@@H](C(=O)N[C@@H]1C(=O)Nc2ccc(F)cc2OC12CCOCC2)N(C(=O)OC)C(C)(C)C. The van der Waals surface area contributed by atoms with Crippen LogP contribution in [-0.2, 0) is 19.1 Å². The summed E-state index contributed by atoms with van der Waals surface area (Å²) in [4.78, 5) is 40.6. The number of anilines is 1. The molecule has 2 atom stereocenters. The van der Waals surface area contributed by atoms with Crippen LogP contribution in [0.5, 0.6) is 5.75 Å². The molecular weight excluding hydrogens is 433 g/mol. The molecule has 2 aliphatic rings. The number of fused-ring (bicyclic) bond motifs is 1. The number of carbonyl (C=O) groups is 3. The van der Waals surface area contributed by atoms with Crippen LogP contribution in [-0.4, -0.2) is 66.4 Å². The van der Waals surface area contributed by atoms with Crippen LogP contribution in [0, 0.1) is 5.82 Å². The Morgan fingerprint density at radius 3 is 2.58 bits per heavy atom. The van der Waals surface area contributed by atoms with E-state index in [9.17, 15) is 18.8 Å². The lowest BCUT2D eigenvalue weighted by Crippen LogP contribution is -2.65. The van der Waals surface area contributed by atoms with Gasteiger partial charge in [-0.1, -0.05) is 6.92 Å². The van der Waals surface area contributed by atoms with Crippen molar-refractivity contribution in [1.29, 1.82) is 0 Å². The van der Waals surface area contributed by atoms with Gasteiger partial charge in [-0.2, -0.15) is 0 Å². The first-order valence-electron chi connectivity index (χ1n) is 11.1. The topological polar surface area (TPSA) is 106 Å². The monoisotopic (exact) mass is 465 g/mol. The van der Waals surface area contributed by atoms with Gasteiger partial charge in [0.25, 0.3) is 5.91 Å². The maximum atomic E-state index is 13.9. The normalized spacial score (nSPS) is 20.5. The van der Waals surface area contributed by atoms with E-state index in [0.717, 1.165) is 0 Å². The Labute approximate surface area is 192 Å². The fourth-order valence-corrected chi connectivity index (χ4v) is 4.40. The van der Waals surface area contributed by atoms with Crippen molar-refractivity contribution < 1.29 is 33.0 Å².